The summed E-state index contributed by atoms with van der Waals surface area (Å²) in [4.78, 5) is 8.50. The molecule has 0 spiro atoms. The van der Waals surface area contributed by atoms with Gasteiger partial charge in [-0.2, -0.15) is 0 Å². The minimum atomic E-state index is -0.158. The number of hydrogen-bond donors (Lipinski definition) is 1. The van der Waals surface area contributed by atoms with E-state index in [-0.39, 0.29) is 11.8 Å². The van der Waals surface area contributed by atoms with Crippen molar-refractivity contribution < 1.29 is 5.11 Å². The first kappa shape index (κ1) is 33.5. The standard InChI is InChI=1S/C42H50N4O/c1-28-27-38(40(30-11-19-34(20-12-30)43(3)4)31-13-21-35(22-14-31)44(5)6)29(2)39(42(28)47)41(32-15-23-36(24-16-32)45(7)8)33-17-25-37(26-18-33)46(9)10/h11-27,40-41,47H,1-10H3. The third-order valence-corrected chi connectivity index (χ3v) is 9.41. The fraction of sp³-hybridized carbons (Fsp3) is 0.286. The van der Waals surface area contributed by atoms with Crippen LogP contribution in [0, 0.1) is 13.8 Å². The van der Waals surface area contributed by atoms with Crippen LogP contribution < -0.4 is 19.6 Å². The van der Waals surface area contributed by atoms with Gasteiger partial charge in [0.1, 0.15) is 5.75 Å². The average Bonchev–Trinajstić information content (AvgIpc) is 3.06. The molecular weight excluding hydrogens is 576 g/mol. The number of phenols is 1. The molecule has 0 saturated heterocycles. The molecule has 0 fully saturated rings. The zero-order valence-corrected chi connectivity index (χ0v) is 29.7. The molecule has 5 aromatic rings. The lowest BCUT2D eigenvalue weighted by molar-refractivity contribution is 0.461. The second-order valence-electron chi connectivity index (χ2n) is 13.5. The van der Waals surface area contributed by atoms with Crippen molar-refractivity contribution in [3.63, 3.8) is 0 Å². The van der Waals surface area contributed by atoms with E-state index in [1.807, 2.05) is 6.92 Å². The zero-order valence-electron chi connectivity index (χ0n) is 29.7. The number of aryl methyl sites for hydroxylation is 1. The molecule has 0 aromatic heterocycles. The Bertz CT molecular complexity index is 1680. The van der Waals surface area contributed by atoms with Gasteiger partial charge >= 0.3 is 0 Å². The van der Waals surface area contributed by atoms with Crippen LogP contribution in [0.3, 0.4) is 0 Å². The molecule has 0 amide bonds. The summed E-state index contributed by atoms with van der Waals surface area (Å²) < 4.78 is 0. The molecule has 0 atom stereocenters. The first-order chi connectivity index (χ1) is 22.4. The molecule has 0 saturated carbocycles. The van der Waals surface area contributed by atoms with Gasteiger partial charge in [-0.3, -0.25) is 0 Å². The number of nitrogens with zero attached hydrogens (tertiary/aromatic N) is 4. The Morgan fingerprint density at radius 1 is 0.426 bits per heavy atom. The average molecular weight is 627 g/mol. The summed E-state index contributed by atoms with van der Waals surface area (Å²) in [6.45, 7) is 4.22. The smallest absolute Gasteiger partial charge is 0.122 e. The summed E-state index contributed by atoms with van der Waals surface area (Å²) in [5, 5.41) is 12.0. The Hall–Kier alpha value is -4.90. The lowest BCUT2D eigenvalue weighted by Crippen LogP contribution is -2.14. The maximum atomic E-state index is 12.0. The van der Waals surface area contributed by atoms with E-state index in [0.717, 1.165) is 50.6 Å². The van der Waals surface area contributed by atoms with E-state index >= 15 is 0 Å². The molecule has 5 nitrogen and oxygen atoms in total. The largest absolute Gasteiger partial charge is 0.507 e. The Morgan fingerprint density at radius 3 is 0.979 bits per heavy atom. The van der Waals surface area contributed by atoms with E-state index in [1.54, 1.807) is 0 Å². The van der Waals surface area contributed by atoms with Gasteiger partial charge in [-0.1, -0.05) is 54.6 Å². The Balaban J connectivity index is 1.76. The van der Waals surface area contributed by atoms with Gasteiger partial charge in [0, 0.05) is 96.5 Å². The van der Waals surface area contributed by atoms with Gasteiger partial charge in [0.15, 0.2) is 0 Å². The highest BCUT2D eigenvalue weighted by Crippen LogP contribution is 2.46. The highest BCUT2D eigenvalue weighted by Gasteiger charge is 2.29. The van der Waals surface area contributed by atoms with Crippen molar-refractivity contribution in [1.29, 1.82) is 0 Å². The van der Waals surface area contributed by atoms with Crippen LogP contribution in [0.4, 0.5) is 22.7 Å². The highest BCUT2D eigenvalue weighted by molar-refractivity contribution is 5.63. The van der Waals surface area contributed by atoms with E-state index in [0.29, 0.717) is 5.75 Å². The summed E-state index contributed by atoms with van der Waals surface area (Å²) in [7, 11) is 16.5. The molecule has 5 rings (SSSR count). The summed E-state index contributed by atoms with van der Waals surface area (Å²) in [6, 6.07) is 37.5. The van der Waals surface area contributed by atoms with Crippen molar-refractivity contribution in [3.05, 3.63) is 148 Å². The fourth-order valence-corrected chi connectivity index (χ4v) is 6.55. The van der Waals surface area contributed by atoms with Gasteiger partial charge in [0.2, 0.25) is 0 Å². The van der Waals surface area contributed by atoms with Crippen molar-refractivity contribution in [3.8, 4) is 5.75 Å². The van der Waals surface area contributed by atoms with Crippen LogP contribution in [-0.2, 0) is 0 Å². The van der Waals surface area contributed by atoms with Crippen molar-refractivity contribution >= 4 is 22.7 Å². The van der Waals surface area contributed by atoms with Crippen molar-refractivity contribution in [2.24, 2.45) is 0 Å². The molecular formula is C42H50N4O. The maximum Gasteiger partial charge on any atom is 0.122 e. The van der Waals surface area contributed by atoms with Crippen molar-refractivity contribution in [2.75, 3.05) is 76.0 Å². The Labute approximate surface area is 282 Å². The predicted molar refractivity (Wildman–Crippen MR) is 203 cm³/mol. The summed E-state index contributed by atoms with van der Waals surface area (Å²) in [5.74, 6) is 0.177. The second kappa shape index (κ2) is 13.8. The SMILES string of the molecule is Cc1cc(C(c2ccc(N(C)C)cc2)c2ccc(N(C)C)cc2)c(C)c(C(c2ccc(N(C)C)cc2)c2ccc(N(C)C)cc2)c1O. The Kier molecular flexibility index (Phi) is 9.85. The van der Waals surface area contributed by atoms with Crippen molar-refractivity contribution in [2.45, 2.75) is 25.7 Å². The lowest BCUT2D eigenvalue weighted by Gasteiger charge is -2.29. The normalized spacial score (nSPS) is 11.2. The number of benzene rings is 5. The molecule has 0 aliphatic carbocycles. The molecule has 244 valence electrons. The molecule has 47 heavy (non-hydrogen) atoms. The first-order valence-electron chi connectivity index (χ1n) is 16.3. The molecule has 5 aromatic carbocycles. The number of phenolic OH excluding ortho intramolecular Hbond substituents is 1. The van der Waals surface area contributed by atoms with E-state index < -0.39 is 0 Å². The number of rotatable bonds is 10. The van der Waals surface area contributed by atoms with Gasteiger partial charge in [0.05, 0.1) is 0 Å². The first-order valence-corrected chi connectivity index (χ1v) is 16.3. The van der Waals surface area contributed by atoms with Crippen LogP contribution in [-0.4, -0.2) is 61.5 Å². The zero-order chi connectivity index (χ0) is 34.0. The minimum Gasteiger partial charge on any atom is -0.507 e. The predicted octanol–water partition coefficient (Wildman–Crippen LogP) is 8.63. The van der Waals surface area contributed by atoms with Gasteiger partial charge in [-0.15, -0.1) is 0 Å². The number of aromatic hydroxyl groups is 1. The fourth-order valence-electron chi connectivity index (χ4n) is 6.55. The molecule has 0 radical (unpaired) electrons. The molecule has 1 N–H and O–H groups in total. The number of hydrogen-bond acceptors (Lipinski definition) is 5. The van der Waals surface area contributed by atoms with Crippen molar-refractivity contribution in [1.82, 2.24) is 0 Å². The number of anilines is 4. The topological polar surface area (TPSA) is 33.2 Å². The maximum absolute atomic E-state index is 12.0. The van der Waals surface area contributed by atoms with Crippen LogP contribution in [0.1, 0.15) is 56.3 Å². The molecule has 0 bridgehead atoms. The molecule has 0 aliphatic heterocycles. The highest BCUT2D eigenvalue weighted by atomic mass is 16.3. The molecule has 0 aliphatic rings. The van der Waals surface area contributed by atoms with Crippen LogP contribution in [0.2, 0.25) is 0 Å². The third kappa shape index (κ3) is 6.95. The quantitative estimate of drug-likeness (QED) is 0.157. The minimum absolute atomic E-state index is 0.0200. The summed E-state index contributed by atoms with van der Waals surface area (Å²) in [6.07, 6.45) is 0. The third-order valence-electron chi connectivity index (χ3n) is 9.41. The molecule has 5 heteroatoms. The molecule has 0 unspecified atom stereocenters. The van der Waals surface area contributed by atoms with Crippen LogP contribution in [0.5, 0.6) is 5.75 Å². The van der Waals surface area contributed by atoms with E-state index in [9.17, 15) is 5.11 Å². The van der Waals surface area contributed by atoms with Crippen LogP contribution in [0.15, 0.2) is 103 Å². The van der Waals surface area contributed by atoms with Gasteiger partial charge in [-0.25, -0.2) is 0 Å². The Morgan fingerprint density at radius 2 is 0.702 bits per heavy atom. The second-order valence-corrected chi connectivity index (χ2v) is 13.5. The molecule has 0 heterocycles. The van der Waals surface area contributed by atoms with E-state index in [2.05, 4.69) is 186 Å². The summed E-state index contributed by atoms with van der Waals surface area (Å²) >= 11 is 0. The summed E-state index contributed by atoms with van der Waals surface area (Å²) in [5.41, 5.74) is 13.5. The van der Waals surface area contributed by atoms with Crippen LogP contribution in [0.25, 0.3) is 0 Å². The van der Waals surface area contributed by atoms with Gasteiger partial charge in [-0.05, 0) is 101 Å². The monoisotopic (exact) mass is 626 g/mol. The van der Waals surface area contributed by atoms with E-state index in [1.165, 1.54) is 16.7 Å². The van der Waals surface area contributed by atoms with Crippen LogP contribution >= 0.6 is 0 Å². The van der Waals surface area contributed by atoms with E-state index in [4.69, 9.17) is 0 Å². The van der Waals surface area contributed by atoms with Gasteiger partial charge in [0.25, 0.3) is 0 Å². The lowest BCUT2D eigenvalue weighted by atomic mass is 9.76. The van der Waals surface area contributed by atoms with Gasteiger partial charge < -0.3 is 24.7 Å².